The summed E-state index contributed by atoms with van der Waals surface area (Å²) in [4.78, 5) is 26.2. The Hall–Kier alpha value is -1.99. The molecule has 0 atom stereocenters. The van der Waals surface area contributed by atoms with E-state index in [9.17, 15) is 14.9 Å². The topological polar surface area (TPSA) is 86.9 Å². The fourth-order valence-corrected chi connectivity index (χ4v) is 2.54. The summed E-state index contributed by atoms with van der Waals surface area (Å²) >= 11 is 0. The van der Waals surface area contributed by atoms with Gasteiger partial charge in [-0.2, -0.15) is 0 Å². The van der Waals surface area contributed by atoms with Crippen molar-refractivity contribution in [2.24, 2.45) is 0 Å². The quantitative estimate of drug-likeness (QED) is 0.493. The molecular weight excluding hydrogens is 274 g/mol. The lowest BCUT2D eigenvalue weighted by Gasteiger charge is -2.35. The van der Waals surface area contributed by atoms with Crippen molar-refractivity contribution in [3.63, 3.8) is 0 Å². The number of benzene rings is 1. The molecule has 0 aromatic heterocycles. The van der Waals surface area contributed by atoms with Crippen molar-refractivity contribution in [1.29, 1.82) is 0 Å². The van der Waals surface area contributed by atoms with Gasteiger partial charge in [-0.25, -0.2) is 0 Å². The van der Waals surface area contributed by atoms with Gasteiger partial charge in [0.15, 0.2) is 5.78 Å². The molecule has 0 bridgehead atoms. The number of carbonyl (C=O) groups excluding carboxylic acids is 1. The molecule has 1 aliphatic heterocycles. The maximum atomic E-state index is 11.4. The lowest BCUT2D eigenvalue weighted by Crippen LogP contribution is -2.47. The molecular formula is C14H19N3O4. The van der Waals surface area contributed by atoms with Gasteiger partial charge in [-0.1, -0.05) is 0 Å². The van der Waals surface area contributed by atoms with Crippen molar-refractivity contribution < 1.29 is 14.8 Å². The zero-order chi connectivity index (χ0) is 15.4. The molecule has 21 heavy (non-hydrogen) atoms. The second kappa shape index (κ2) is 6.64. The first-order valence-electron chi connectivity index (χ1n) is 6.90. The largest absolute Gasteiger partial charge is 0.395 e. The summed E-state index contributed by atoms with van der Waals surface area (Å²) in [6, 6.07) is 4.75. The molecule has 0 unspecified atom stereocenters. The molecule has 1 aliphatic rings. The van der Waals surface area contributed by atoms with E-state index in [1.54, 1.807) is 6.07 Å². The molecule has 2 rings (SSSR count). The van der Waals surface area contributed by atoms with Gasteiger partial charge in [0.25, 0.3) is 5.69 Å². The van der Waals surface area contributed by atoms with Crippen molar-refractivity contribution in [3.8, 4) is 0 Å². The smallest absolute Gasteiger partial charge is 0.282 e. The van der Waals surface area contributed by atoms with E-state index in [0.717, 1.165) is 31.9 Å². The molecule has 0 aliphatic carbocycles. The normalized spacial score (nSPS) is 16.0. The third-order valence-electron chi connectivity index (χ3n) is 3.71. The minimum absolute atomic E-state index is 0.138. The fraction of sp³-hybridized carbons (Fsp3) is 0.500. The Labute approximate surface area is 122 Å². The van der Waals surface area contributed by atoms with Crippen molar-refractivity contribution in [2.75, 3.05) is 44.2 Å². The predicted molar refractivity (Wildman–Crippen MR) is 78.8 cm³/mol. The Morgan fingerprint density at radius 3 is 2.52 bits per heavy atom. The molecule has 7 heteroatoms. The second-order valence-electron chi connectivity index (χ2n) is 5.07. The van der Waals surface area contributed by atoms with E-state index in [1.807, 2.05) is 0 Å². The summed E-state index contributed by atoms with van der Waals surface area (Å²) in [5, 5.41) is 20.0. The second-order valence-corrected chi connectivity index (χ2v) is 5.07. The number of carbonyl (C=O) groups is 1. The molecule has 1 N–H and O–H groups in total. The number of piperazine rings is 1. The summed E-state index contributed by atoms with van der Waals surface area (Å²) in [6.45, 7) is 5.23. The van der Waals surface area contributed by atoms with Gasteiger partial charge in [-0.05, 0) is 19.1 Å². The van der Waals surface area contributed by atoms with Crippen molar-refractivity contribution in [2.45, 2.75) is 6.92 Å². The molecule has 1 saturated heterocycles. The molecule has 1 fully saturated rings. The van der Waals surface area contributed by atoms with E-state index in [2.05, 4.69) is 9.80 Å². The highest BCUT2D eigenvalue weighted by Gasteiger charge is 2.22. The minimum Gasteiger partial charge on any atom is -0.395 e. The van der Waals surface area contributed by atoms with Gasteiger partial charge in [0.2, 0.25) is 0 Å². The van der Waals surface area contributed by atoms with Crippen LogP contribution < -0.4 is 4.90 Å². The van der Waals surface area contributed by atoms with Crippen LogP contribution in [-0.2, 0) is 0 Å². The standard InChI is InChI=1S/C14H19N3O4/c1-11(19)13-3-2-12(10-14(13)17(20)21)16-6-4-15(5-7-16)8-9-18/h2-3,10,18H,4-9H2,1H3. The Morgan fingerprint density at radius 2 is 2.00 bits per heavy atom. The lowest BCUT2D eigenvalue weighted by molar-refractivity contribution is -0.385. The summed E-state index contributed by atoms with van der Waals surface area (Å²) < 4.78 is 0. The zero-order valence-corrected chi connectivity index (χ0v) is 12.0. The van der Waals surface area contributed by atoms with Gasteiger partial charge in [-0.15, -0.1) is 0 Å². The van der Waals surface area contributed by atoms with Gasteiger partial charge in [-0.3, -0.25) is 19.8 Å². The maximum Gasteiger partial charge on any atom is 0.282 e. The number of aliphatic hydroxyl groups is 1. The molecule has 1 aromatic rings. The van der Waals surface area contributed by atoms with E-state index in [4.69, 9.17) is 5.11 Å². The number of nitrogens with zero attached hydrogens (tertiary/aromatic N) is 3. The molecule has 1 aromatic carbocycles. The van der Waals surface area contributed by atoms with Gasteiger partial charge in [0.1, 0.15) is 0 Å². The number of β-amino-alcohol motifs (C(OH)–C–C–N with tert-alkyl or cyclic N) is 1. The highest BCUT2D eigenvalue weighted by molar-refractivity contribution is 5.98. The van der Waals surface area contributed by atoms with Gasteiger partial charge in [0, 0.05) is 44.5 Å². The number of aliphatic hydroxyl groups excluding tert-OH is 1. The number of anilines is 1. The molecule has 7 nitrogen and oxygen atoms in total. The van der Waals surface area contributed by atoms with Gasteiger partial charge in [0.05, 0.1) is 17.1 Å². The highest BCUT2D eigenvalue weighted by atomic mass is 16.6. The van der Waals surface area contributed by atoms with Gasteiger partial charge >= 0.3 is 0 Å². The fourth-order valence-electron chi connectivity index (χ4n) is 2.54. The van der Waals surface area contributed by atoms with Crippen molar-refractivity contribution >= 4 is 17.2 Å². The van der Waals surface area contributed by atoms with Crippen molar-refractivity contribution in [3.05, 3.63) is 33.9 Å². The molecule has 0 spiro atoms. The minimum atomic E-state index is -0.512. The van der Waals surface area contributed by atoms with Crippen LogP contribution in [0, 0.1) is 10.1 Å². The third kappa shape index (κ3) is 3.56. The molecule has 0 amide bonds. The first kappa shape index (κ1) is 15.4. The van der Waals surface area contributed by atoms with E-state index in [0.29, 0.717) is 6.54 Å². The van der Waals surface area contributed by atoms with E-state index >= 15 is 0 Å². The van der Waals surface area contributed by atoms with Crippen LogP contribution in [0.15, 0.2) is 18.2 Å². The monoisotopic (exact) mass is 293 g/mol. The SMILES string of the molecule is CC(=O)c1ccc(N2CCN(CCO)CC2)cc1[N+](=O)[O-]. The molecule has 0 saturated carbocycles. The van der Waals surface area contributed by atoms with Crippen LogP contribution in [0.1, 0.15) is 17.3 Å². The third-order valence-corrected chi connectivity index (χ3v) is 3.71. The predicted octanol–water partition coefficient (Wildman–Crippen LogP) is 0.912. The number of hydrogen-bond acceptors (Lipinski definition) is 6. The Bertz CT molecular complexity index is 539. The highest BCUT2D eigenvalue weighted by Crippen LogP contribution is 2.26. The number of Topliss-reactive ketones (excluding diaryl/α,β-unsaturated/α-hetero) is 1. The average Bonchev–Trinajstić information content (AvgIpc) is 2.47. The average molecular weight is 293 g/mol. The van der Waals surface area contributed by atoms with Gasteiger partial charge < -0.3 is 10.0 Å². The first-order chi connectivity index (χ1) is 10.0. The Balaban J connectivity index is 2.16. The number of hydrogen-bond donors (Lipinski definition) is 1. The van der Waals surface area contributed by atoms with Crippen molar-refractivity contribution in [1.82, 2.24) is 4.90 Å². The van der Waals surface area contributed by atoms with Crippen LogP contribution in [0.5, 0.6) is 0 Å². The number of rotatable bonds is 5. The van der Waals surface area contributed by atoms with Crippen LogP contribution in [0.4, 0.5) is 11.4 Å². The Morgan fingerprint density at radius 1 is 1.33 bits per heavy atom. The van der Waals surface area contributed by atoms with Crippen LogP contribution in [0.3, 0.4) is 0 Å². The maximum absolute atomic E-state index is 11.4. The number of ketones is 1. The molecule has 114 valence electrons. The lowest BCUT2D eigenvalue weighted by atomic mass is 10.1. The summed E-state index contributed by atoms with van der Waals surface area (Å²) in [5.41, 5.74) is 0.760. The number of nitro benzene ring substituents is 1. The van der Waals surface area contributed by atoms with E-state index in [-0.39, 0.29) is 23.6 Å². The summed E-state index contributed by atoms with van der Waals surface area (Å²) in [7, 11) is 0. The van der Waals surface area contributed by atoms with E-state index < -0.39 is 4.92 Å². The van der Waals surface area contributed by atoms with E-state index in [1.165, 1.54) is 19.1 Å². The van der Waals surface area contributed by atoms with Crippen LogP contribution in [0.2, 0.25) is 0 Å². The van der Waals surface area contributed by atoms with Crippen LogP contribution in [0.25, 0.3) is 0 Å². The summed E-state index contributed by atoms with van der Waals surface area (Å²) in [6.07, 6.45) is 0. The van der Waals surface area contributed by atoms with Crippen LogP contribution >= 0.6 is 0 Å². The molecule has 0 radical (unpaired) electrons. The zero-order valence-electron chi connectivity index (χ0n) is 12.0. The summed E-state index contributed by atoms with van der Waals surface area (Å²) in [5.74, 6) is -0.305. The first-order valence-corrected chi connectivity index (χ1v) is 6.90. The number of nitro groups is 1. The Kier molecular flexibility index (Phi) is 4.87. The molecule has 1 heterocycles. The van der Waals surface area contributed by atoms with Crippen LogP contribution in [-0.4, -0.2) is 60.0 Å².